The molecule has 40 heavy (non-hydrogen) atoms. The quantitative estimate of drug-likeness (QED) is 0.335. The molecule has 3 amide bonds. The molecule has 0 bridgehead atoms. The molecule has 11 heteroatoms. The number of aromatic nitrogens is 1. The Labute approximate surface area is 239 Å². The number of nitrogens with one attached hydrogen (secondary N) is 2. The molecule has 5 rings (SSSR count). The Morgan fingerprint density at radius 3 is 2.30 bits per heavy atom. The van der Waals surface area contributed by atoms with Crippen LogP contribution in [0.25, 0.3) is 0 Å². The summed E-state index contributed by atoms with van der Waals surface area (Å²) in [5.74, 6) is -2.77. The van der Waals surface area contributed by atoms with Gasteiger partial charge in [0.25, 0.3) is 0 Å². The summed E-state index contributed by atoms with van der Waals surface area (Å²) in [5.41, 5.74) is 2.73. The molecule has 3 aromatic rings. The normalized spacial score (nSPS) is 19.9. The Hall–Kier alpha value is -3.70. The zero-order valence-corrected chi connectivity index (χ0v) is 24.1. The molecular weight excluding hydrogens is 550 g/mol. The van der Waals surface area contributed by atoms with Gasteiger partial charge in [-0.3, -0.25) is 29.1 Å². The lowest BCUT2D eigenvalue weighted by Gasteiger charge is -2.31. The van der Waals surface area contributed by atoms with Gasteiger partial charge < -0.3 is 10.1 Å². The number of hydrogen-bond donors (Lipinski definition) is 2. The van der Waals surface area contributed by atoms with Crippen LogP contribution < -0.4 is 15.5 Å². The van der Waals surface area contributed by atoms with E-state index in [-0.39, 0.29) is 29.3 Å². The molecule has 3 heterocycles. The second-order valence-corrected chi connectivity index (χ2v) is 12.9. The van der Waals surface area contributed by atoms with Crippen molar-refractivity contribution < 1.29 is 23.9 Å². The van der Waals surface area contributed by atoms with Gasteiger partial charge in [0.05, 0.1) is 23.1 Å². The van der Waals surface area contributed by atoms with E-state index in [0.717, 1.165) is 34.2 Å². The van der Waals surface area contributed by atoms with Crippen LogP contribution in [-0.4, -0.2) is 40.1 Å². The first-order valence-electron chi connectivity index (χ1n) is 12.9. The Balaban J connectivity index is 1.44. The van der Waals surface area contributed by atoms with Crippen LogP contribution in [-0.2, 0) is 31.1 Å². The molecule has 0 spiro atoms. The molecule has 0 radical (unpaired) electrons. The molecule has 0 aliphatic carbocycles. The van der Waals surface area contributed by atoms with Gasteiger partial charge in [0.1, 0.15) is 11.8 Å². The van der Waals surface area contributed by atoms with E-state index < -0.39 is 34.9 Å². The van der Waals surface area contributed by atoms with Crippen molar-refractivity contribution in [3.63, 3.8) is 0 Å². The molecule has 2 aliphatic rings. The van der Waals surface area contributed by atoms with Crippen molar-refractivity contribution in [3.05, 3.63) is 79.8 Å². The number of imide groups is 1. The number of nitrogens with zero attached hydrogens (tertiary/aromatic N) is 1. The predicted octanol–water partition coefficient (Wildman–Crippen LogP) is 3.90. The third-order valence-electron chi connectivity index (χ3n) is 7.00. The lowest BCUT2D eigenvalue weighted by molar-refractivity contribution is -0.126. The first-order chi connectivity index (χ1) is 19.0. The average molecular weight is 580 g/mol. The second-order valence-electron chi connectivity index (χ2n) is 10.7. The number of carbonyl (C=O) groups excluding carboxylic acids is 4. The third-order valence-corrected chi connectivity index (χ3v) is 9.62. The molecule has 0 saturated carbocycles. The summed E-state index contributed by atoms with van der Waals surface area (Å²) in [4.78, 5) is 64.0. The van der Waals surface area contributed by atoms with Gasteiger partial charge in [-0.15, -0.1) is 0 Å². The number of amides is 3. The zero-order chi connectivity index (χ0) is 28.8. The van der Waals surface area contributed by atoms with E-state index in [0.29, 0.717) is 21.2 Å². The fourth-order valence-electron chi connectivity index (χ4n) is 4.97. The van der Waals surface area contributed by atoms with E-state index >= 15 is 0 Å². The zero-order valence-electron chi connectivity index (χ0n) is 22.5. The van der Waals surface area contributed by atoms with E-state index in [4.69, 9.17) is 4.74 Å². The van der Waals surface area contributed by atoms with Crippen molar-refractivity contribution in [2.24, 2.45) is 5.92 Å². The van der Waals surface area contributed by atoms with Crippen molar-refractivity contribution in [2.75, 3.05) is 11.9 Å². The lowest BCUT2D eigenvalue weighted by Crippen LogP contribution is -2.32. The first-order valence-corrected chi connectivity index (χ1v) is 14.6. The minimum Gasteiger partial charge on any atom is -0.462 e. The minimum absolute atomic E-state index is 0.0595. The highest BCUT2D eigenvalue weighted by atomic mass is 32.2. The van der Waals surface area contributed by atoms with Gasteiger partial charge in [0.15, 0.2) is 0 Å². The van der Waals surface area contributed by atoms with E-state index in [9.17, 15) is 24.0 Å². The van der Waals surface area contributed by atoms with E-state index in [1.54, 1.807) is 31.2 Å². The number of hydrogen-bond acceptors (Lipinski definition) is 8. The van der Waals surface area contributed by atoms with Gasteiger partial charge in [-0.2, -0.15) is 0 Å². The van der Waals surface area contributed by atoms with E-state index in [2.05, 4.69) is 31.4 Å². The number of anilines is 1. The van der Waals surface area contributed by atoms with Crippen LogP contribution in [0.4, 0.5) is 5.69 Å². The van der Waals surface area contributed by atoms with Gasteiger partial charge in [0, 0.05) is 16.5 Å². The summed E-state index contributed by atoms with van der Waals surface area (Å²) in [5, 5.41) is 5.03. The highest BCUT2D eigenvalue weighted by Gasteiger charge is 2.52. The number of rotatable bonds is 6. The maximum absolute atomic E-state index is 13.2. The van der Waals surface area contributed by atoms with Crippen LogP contribution in [0.15, 0.2) is 58.4 Å². The summed E-state index contributed by atoms with van der Waals surface area (Å²) in [6.45, 7) is 8.06. The fraction of sp³-hybridized carbons (Fsp3) is 0.345. The third kappa shape index (κ3) is 5.23. The monoisotopic (exact) mass is 579 g/mol. The molecule has 3 atom stereocenters. The van der Waals surface area contributed by atoms with Crippen molar-refractivity contribution in [3.8, 4) is 0 Å². The van der Waals surface area contributed by atoms with Crippen molar-refractivity contribution >= 4 is 52.5 Å². The van der Waals surface area contributed by atoms with Gasteiger partial charge in [-0.1, -0.05) is 68.1 Å². The highest BCUT2D eigenvalue weighted by Crippen LogP contribution is 2.51. The maximum atomic E-state index is 13.2. The number of thioether (sulfide) groups is 1. The van der Waals surface area contributed by atoms with Crippen LogP contribution >= 0.6 is 23.1 Å². The minimum atomic E-state index is -0.703. The average Bonchev–Trinajstić information content (AvgIpc) is 3.37. The summed E-state index contributed by atoms with van der Waals surface area (Å²) in [6.07, 6.45) is 0. The Bertz CT molecular complexity index is 1550. The highest BCUT2D eigenvalue weighted by molar-refractivity contribution is 8.00. The Morgan fingerprint density at radius 2 is 1.68 bits per heavy atom. The topological polar surface area (TPSA) is 124 Å². The van der Waals surface area contributed by atoms with Crippen molar-refractivity contribution in [1.82, 2.24) is 9.88 Å². The fourth-order valence-corrected chi connectivity index (χ4v) is 7.71. The summed E-state index contributed by atoms with van der Waals surface area (Å²) < 4.78 is 6.35. The molecule has 1 fully saturated rings. The molecule has 2 N–H and O–H groups in total. The van der Waals surface area contributed by atoms with Crippen LogP contribution in [0.1, 0.15) is 60.0 Å². The molecular formula is C29H29N3O6S2. The standard InChI is InChI=1S/C29H29N3O6S2/c1-5-38-27(36)16-8-12-18(13-9-16)30-19(33)14-32-26-23(40-28(32)37)20(21-22(39-26)25(35)31-24(21)34)15-6-10-17(11-7-15)29(2,3)4/h6-13,20-22H,5,14H2,1-4H3,(H,30,33)(H,31,34,35)/t20-,21+,22-/m0/s1. The molecule has 0 unspecified atom stereocenters. The molecule has 1 aromatic heterocycles. The number of carbonyl (C=O) groups is 4. The van der Waals surface area contributed by atoms with Gasteiger partial charge >= 0.3 is 10.8 Å². The summed E-state index contributed by atoms with van der Waals surface area (Å²) >= 11 is 2.16. The SMILES string of the molecule is CCOC(=O)c1ccc(NC(=O)Cn2c3c(sc2=O)[C@@H](c2ccc(C(C)(C)C)cc2)[C@H]2C(=O)NC(=O)[C@H]2S3)cc1. The number of fused-ring (bicyclic) bond motifs is 2. The Morgan fingerprint density at radius 1 is 1.00 bits per heavy atom. The van der Waals surface area contributed by atoms with Crippen LogP contribution in [0, 0.1) is 5.92 Å². The number of benzene rings is 2. The maximum Gasteiger partial charge on any atom is 0.338 e. The lowest BCUT2D eigenvalue weighted by atomic mass is 9.81. The summed E-state index contributed by atoms with van der Waals surface area (Å²) in [6, 6.07) is 14.2. The number of thiazole rings is 1. The van der Waals surface area contributed by atoms with Crippen molar-refractivity contribution in [1.29, 1.82) is 0 Å². The van der Waals surface area contributed by atoms with E-state index in [1.807, 2.05) is 24.3 Å². The first kappa shape index (κ1) is 27.9. The molecule has 2 aliphatic heterocycles. The Kier molecular flexibility index (Phi) is 7.45. The van der Waals surface area contributed by atoms with E-state index in [1.165, 1.54) is 4.57 Å². The predicted molar refractivity (Wildman–Crippen MR) is 153 cm³/mol. The second kappa shape index (κ2) is 10.7. The van der Waals surface area contributed by atoms with Crippen LogP contribution in [0.2, 0.25) is 0 Å². The molecule has 1 saturated heterocycles. The van der Waals surface area contributed by atoms with Crippen molar-refractivity contribution in [2.45, 2.75) is 55.8 Å². The van der Waals surface area contributed by atoms with Crippen LogP contribution in [0.5, 0.6) is 0 Å². The number of ether oxygens (including phenoxy) is 1. The van der Waals surface area contributed by atoms with Gasteiger partial charge in [0.2, 0.25) is 17.7 Å². The van der Waals surface area contributed by atoms with Crippen LogP contribution in [0.3, 0.4) is 0 Å². The molecule has 9 nitrogen and oxygen atoms in total. The molecule has 2 aromatic carbocycles. The smallest absolute Gasteiger partial charge is 0.338 e. The van der Waals surface area contributed by atoms with Gasteiger partial charge in [-0.25, -0.2) is 4.79 Å². The molecule has 208 valence electrons. The number of esters is 1. The van der Waals surface area contributed by atoms with Gasteiger partial charge in [-0.05, 0) is 47.7 Å². The largest absolute Gasteiger partial charge is 0.462 e. The summed E-state index contributed by atoms with van der Waals surface area (Å²) in [7, 11) is 0.